The number of rotatable bonds is 8. The summed E-state index contributed by atoms with van der Waals surface area (Å²) >= 11 is 1.53. The van der Waals surface area contributed by atoms with E-state index < -0.39 is 15.6 Å². The van der Waals surface area contributed by atoms with E-state index in [0.29, 0.717) is 13.2 Å². The van der Waals surface area contributed by atoms with Crippen molar-refractivity contribution in [3.05, 3.63) is 16.6 Å². The third kappa shape index (κ3) is 5.99. The van der Waals surface area contributed by atoms with Gasteiger partial charge in [0.05, 0.1) is 16.4 Å². The summed E-state index contributed by atoms with van der Waals surface area (Å²) in [6, 6.07) is 0. The topological polar surface area (TPSA) is 68.3 Å². The van der Waals surface area contributed by atoms with E-state index in [0.717, 1.165) is 5.01 Å². The van der Waals surface area contributed by atoms with Crippen LogP contribution in [-0.4, -0.2) is 37.9 Å². The van der Waals surface area contributed by atoms with Gasteiger partial charge in [-0.25, -0.2) is 18.1 Å². The van der Waals surface area contributed by atoms with Crippen LogP contribution in [0.2, 0.25) is 0 Å². The minimum atomic E-state index is -3.35. The first-order valence-electron chi connectivity index (χ1n) is 6.26. The SMILES string of the molecule is CCOC(C)(C)CS(=O)(=O)NCC(C)c1nccs1. The van der Waals surface area contributed by atoms with Gasteiger partial charge in [0.15, 0.2) is 0 Å². The minimum absolute atomic E-state index is 0.0432. The maximum atomic E-state index is 12.0. The van der Waals surface area contributed by atoms with Gasteiger partial charge in [0.2, 0.25) is 10.0 Å². The molecule has 1 N–H and O–H groups in total. The third-order valence-electron chi connectivity index (χ3n) is 2.56. The first-order valence-corrected chi connectivity index (χ1v) is 8.79. The predicted octanol–water partition coefficient (Wildman–Crippen LogP) is 1.98. The van der Waals surface area contributed by atoms with Crippen molar-refractivity contribution in [1.82, 2.24) is 9.71 Å². The van der Waals surface area contributed by atoms with E-state index in [2.05, 4.69) is 9.71 Å². The smallest absolute Gasteiger partial charge is 0.214 e. The monoisotopic (exact) mass is 306 g/mol. The summed E-state index contributed by atoms with van der Waals surface area (Å²) in [6.07, 6.45) is 1.73. The van der Waals surface area contributed by atoms with Crippen LogP contribution < -0.4 is 4.72 Å². The highest BCUT2D eigenvalue weighted by Gasteiger charge is 2.26. The van der Waals surface area contributed by atoms with Gasteiger partial charge < -0.3 is 4.74 Å². The molecule has 1 aromatic heterocycles. The van der Waals surface area contributed by atoms with Crippen LogP contribution in [0.1, 0.15) is 38.6 Å². The Morgan fingerprint density at radius 2 is 2.21 bits per heavy atom. The fourth-order valence-electron chi connectivity index (χ4n) is 1.76. The van der Waals surface area contributed by atoms with Gasteiger partial charge in [-0.1, -0.05) is 6.92 Å². The van der Waals surface area contributed by atoms with E-state index in [4.69, 9.17) is 4.74 Å². The van der Waals surface area contributed by atoms with Crippen LogP contribution in [-0.2, 0) is 14.8 Å². The number of hydrogen-bond donors (Lipinski definition) is 1. The summed E-state index contributed by atoms with van der Waals surface area (Å²) in [5.41, 5.74) is -0.676. The molecule has 0 saturated heterocycles. The van der Waals surface area contributed by atoms with Gasteiger partial charge in [-0.2, -0.15) is 0 Å². The normalized spacial score (nSPS) is 14.5. The zero-order chi connectivity index (χ0) is 14.5. The fraction of sp³-hybridized carbons (Fsp3) is 0.750. The Bertz CT molecular complexity index is 469. The fourth-order valence-corrected chi connectivity index (χ4v) is 4.06. The van der Waals surface area contributed by atoms with Gasteiger partial charge in [-0.05, 0) is 20.8 Å². The van der Waals surface area contributed by atoms with Gasteiger partial charge in [0.25, 0.3) is 0 Å². The van der Waals surface area contributed by atoms with Gasteiger partial charge in [0, 0.05) is 30.6 Å². The number of hydrogen-bond acceptors (Lipinski definition) is 5. The quantitative estimate of drug-likeness (QED) is 0.797. The maximum Gasteiger partial charge on any atom is 0.214 e. The van der Waals surface area contributed by atoms with Crippen molar-refractivity contribution in [2.24, 2.45) is 0 Å². The molecule has 0 saturated carbocycles. The molecule has 1 atom stereocenters. The summed E-state index contributed by atoms with van der Waals surface area (Å²) < 4.78 is 32.0. The van der Waals surface area contributed by atoms with Gasteiger partial charge in [-0.15, -0.1) is 11.3 Å². The molecule has 1 aromatic rings. The second kappa shape index (κ2) is 6.78. The van der Waals surface area contributed by atoms with Crippen LogP contribution in [0.5, 0.6) is 0 Å². The van der Waals surface area contributed by atoms with Crippen molar-refractivity contribution >= 4 is 21.4 Å². The van der Waals surface area contributed by atoms with E-state index in [9.17, 15) is 8.42 Å². The van der Waals surface area contributed by atoms with Crippen LogP contribution in [0.15, 0.2) is 11.6 Å². The van der Waals surface area contributed by atoms with E-state index in [1.165, 1.54) is 11.3 Å². The number of ether oxygens (including phenoxy) is 1. The number of sulfonamides is 1. The first-order chi connectivity index (χ1) is 8.76. The lowest BCUT2D eigenvalue weighted by atomic mass is 10.2. The molecule has 1 heterocycles. The highest BCUT2D eigenvalue weighted by Crippen LogP contribution is 2.17. The Kier molecular flexibility index (Phi) is 5.91. The molecule has 7 heteroatoms. The average molecular weight is 306 g/mol. The lowest BCUT2D eigenvalue weighted by molar-refractivity contribution is 0.00781. The Balaban J connectivity index is 2.51. The molecule has 0 fully saturated rings. The van der Waals surface area contributed by atoms with E-state index in [1.807, 2.05) is 19.2 Å². The lowest BCUT2D eigenvalue weighted by Crippen LogP contribution is -2.40. The van der Waals surface area contributed by atoms with Crippen LogP contribution in [0.4, 0.5) is 0 Å². The summed E-state index contributed by atoms with van der Waals surface area (Å²) in [5, 5.41) is 2.82. The molecule has 5 nitrogen and oxygen atoms in total. The highest BCUT2D eigenvalue weighted by atomic mass is 32.2. The predicted molar refractivity (Wildman–Crippen MR) is 78.0 cm³/mol. The van der Waals surface area contributed by atoms with Crippen LogP contribution in [0.3, 0.4) is 0 Å². The summed E-state index contributed by atoms with van der Waals surface area (Å²) in [5.74, 6) is 0.0308. The number of nitrogens with zero attached hydrogens (tertiary/aromatic N) is 1. The van der Waals surface area contributed by atoms with E-state index in [1.54, 1.807) is 20.0 Å². The van der Waals surface area contributed by atoms with Crippen molar-refractivity contribution in [1.29, 1.82) is 0 Å². The molecule has 0 spiro atoms. The molecule has 0 amide bonds. The molecule has 0 radical (unpaired) electrons. The molecule has 0 aliphatic heterocycles. The standard InChI is InChI=1S/C12H22N2O3S2/c1-5-17-12(3,4)9-19(15,16)14-8-10(2)11-13-6-7-18-11/h6-7,10,14H,5,8-9H2,1-4H3. The first kappa shape index (κ1) is 16.6. The van der Waals surface area contributed by atoms with Gasteiger partial charge >= 0.3 is 0 Å². The molecule has 0 bridgehead atoms. The number of nitrogens with one attached hydrogen (secondary N) is 1. The van der Waals surface area contributed by atoms with Gasteiger partial charge in [-0.3, -0.25) is 0 Å². The molecule has 110 valence electrons. The largest absolute Gasteiger partial charge is 0.375 e. The summed E-state index contributed by atoms with van der Waals surface area (Å²) in [7, 11) is -3.35. The Morgan fingerprint density at radius 3 is 2.74 bits per heavy atom. The Labute approximate surface area is 119 Å². The Morgan fingerprint density at radius 1 is 1.53 bits per heavy atom. The van der Waals surface area contributed by atoms with Gasteiger partial charge in [0.1, 0.15) is 0 Å². The minimum Gasteiger partial charge on any atom is -0.375 e. The molecule has 0 aromatic carbocycles. The molecule has 1 unspecified atom stereocenters. The summed E-state index contributed by atoms with van der Waals surface area (Å²) in [6.45, 7) is 8.22. The van der Waals surface area contributed by atoms with E-state index >= 15 is 0 Å². The summed E-state index contributed by atoms with van der Waals surface area (Å²) in [4.78, 5) is 4.18. The second-order valence-corrected chi connectivity index (χ2v) is 7.80. The molecule has 0 aliphatic rings. The molecule has 1 rings (SSSR count). The zero-order valence-electron chi connectivity index (χ0n) is 11.8. The third-order valence-corrected chi connectivity index (χ3v) is 5.24. The van der Waals surface area contributed by atoms with Crippen LogP contribution >= 0.6 is 11.3 Å². The molecule has 0 aliphatic carbocycles. The molecule has 19 heavy (non-hydrogen) atoms. The second-order valence-electron chi connectivity index (χ2n) is 5.07. The van der Waals surface area contributed by atoms with Crippen LogP contribution in [0.25, 0.3) is 0 Å². The average Bonchev–Trinajstić information content (AvgIpc) is 2.77. The Hall–Kier alpha value is -0.500. The number of aromatic nitrogens is 1. The zero-order valence-corrected chi connectivity index (χ0v) is 13.5. The van der Waals surface area contributed by atoms with Crippen molar-refractivity contribution in [2.45, 2.75) is 39.2 Å². The number of thiazole rings is 1. The maximum absolute atomic E-state index is 12.0. The van der Waals surface area contributed by atoms with Crippen LogP contribution in [0, 0.1) is 0 Å². The van der Waals surface area contributed by atoms with E-state index in [-0.39, 0.29) is 11.7 Å². The molecular formula is C12H22N2O3S2. The van der Waals surface area contributed by atoms with Crippen molar-refractivity contribution < 1.29 is 13.2 Å². The lowest BCUT2D eigenvalue weighted by Gasteiger charge is -2.24. The van der Waals surface area contributed by atoms with Crippen molar-refractivity contribution in [3.8, 4) is 0 Å². The highest BCUT2D eigenvalue weighted by molar-refractivity contribution is 7.89. The van der Waals surface area contributed by atoms with Crippen molar-refractivity contribution in [2.75, 3.05) is 18.9 Å². The molecular weight excluding hydrogens is 284 g/mol. The van der Waals surface area contributed by atoms with Crippen molar-refractivity contribution in [3.63, 3.8) is 0 Å².